The molecule has 1 atom stereocenters. The van der Waals surface area contributed by atoms with Crippen LogP contribution in [0.2, 0.25) is 10.0 Å². The summed E-state index contributed by atoms with van der Waals surface area (Å²) in [5, 5.41) is 4.69. The number of halogens is 2. The number of likely N-dealkylation sites (tertiary alicyclic amines) is 2. The molecular weight excluding hydrogens is 1120 g/mol. The quantitative estimate of drug-likeness (QED) is 0.0187. The van der Waals surface area contributed by atoms with E-state index in [1.54, 1.807) is 41.0 Å². The third-order valence-corrected chi connectivity index (χ3v) is 16.7. The third-order valence-electron chi connectivity index (χ3n) is 16.2. The van der Waals surface area contributed by atoms with Crippen LogP contribution in [0.4, 0.5) is 15.5 Å². The Balaban J connectivity index is 0.000000171. The number of piperidine rings is 2. The van der Waals surface area contributed by atoms with E-state index in [2.05, 4.69) is 30.5 Å². The molecule has 448 valence electrons. The zero-order valence-electron chi connectivity index (χ0n) is 47.5. The van der Waals surface area contributed by atoms with E-state index in [1.807, 2.05) is 72.8 Å². The van der Waals surface area contributed by atoms with Crippen LogP contribution in [0, 0.1) is 23.7 Å². The number of carbonyl (C=O) groups excluding carboxylic acids is 4. The molecule has 7 aromatic rings. The van der Waals surface area contributed by atoms with Crippen molar-refractivity contribution in [2.75, 3.05) is 64.6 Å². The second-order valence-electron chi connectivity index (χ2n) is 21.8. The molecule has 2 amide bonds. The summed E-state index contributed by atoms with van der Waals surface area (Å²) in [4.78, 5) is 83.0. The number of nitrogens with one attached hydrogen (secondary N) is 4. The third kappa shape index (κ3) is 16.8. The lowest BCUT2D eigenvalue weighted by molar-refractivity contribution is -0.153. The number of hydrogen-bond donors (Lipinski definition) is 5. The topological polar surface area (TPSA) is 254 Å². The number of carbonyl (C=O) groups is 4. The molecule has 1 unspecified atom stereocenters. The molecule has 22 heteroatoms. The van der Waals surface area contributed by atoms with Gasteiger partial charge in [0.15, 0.2) is 0 Å². The second-order valence-corrected chi connectivity index (χ2v) is 22.7. The number of ketones is 1. The molecule has 4 aromatic carbocycles. The number of nitrogen functional groups attached to an aromatic ring is 1. The first-order valence-electron chi connectivity index (χ1n) is 29.3. The predicted octanol–water partition coefficient (Wildman–Crippen LogP) is 11.1. The van der Waals surface area contributed by atoms with Gasteiger partial charge in [0.25, 0.3) is 5.56 Å². The summed E-state index contributed by atoms with van der Waals surface area (Å²) in [6, 6.07) is 30.1. The Labute approximate surface area is 498 Å². The zero-order valence-corrected chi connectivity index (χ0v) is 49.1. The summed E-state index contributed by atoms with van der Waals surface area (Å²) in [7, 11) is 0. The molecule has 0 spiro atoms. The number of anilines is 1. The van der Waals surface area contributed by atoms with Gasteiger partial charge in [-0.05, 0) is 143 Å². The van der Waals surface area contributed by atoms with E-state index in [-0.39, 0.29) is 55.2 Å². The number of nitrogens with two attached hydrogens (primary N) is 1. The summed E-state index contributed by atoms with van der Waals surface area (Å²) in [5.41, 5.74) is 9.25. The fourth-order valence-corrected chi connectivity index (χ4v) is 11.7. The van der Waals surface area contributed by atoms with Crippen molar-refractivity contribution in [2.24, 2.45) is 29.5 Å². The summed E-state index contributed by atoms with van der Waals surface area (Å²) in [5.74, 6) is 5.96. The van der Waals surface area contributed by atoms with Crippen LogP contribution >= 0.6 is 23.2 Å². The number of hydrogen-bond acceptors (Lipinski definition) is 14. The number of ether oxygens (including phenoxy) is 5. The maximum absolute atomic E-state index is 13.8. The van der Waals surface area contributed by atoms with Gasteiger partial charge >= 0.3 is 18.2 Å². The minimum absolute atomic E-state index is 0.0344. The number of nitrogens with zero attached hydrogens (tertiary/aromatic N) is 5. The van der Waals surface area contributed by atoms with Crippen LogP contribution < -0.4 is 16.8 Å². The minimum atomic E-state index is -0.709. The molecule has 6 N–H and O–H groups in total. The normalized spacial score (nSPS) is 16.7. The Bertz CT molecular complexity index is 3310. The summed E-state index contributed by atoms with van der Waals surface area (Å²) >= 11 is 11.9. The average molecular weight is 1190 g/mol. The van der Waals surface area contributed by atoms with Gasteiger partial charge in [0.2, 0.25) is 11.9 Å². The Hall–Kier alpha value is -7.23. The number of imidazole rings is 2. The highest BCUT2D eigenvalue weighted by molar-refractivity contribution is 6.31. The predicted molar refractivity (Wildman–Crippen MR) is 321 cm³/mol. The van der Waals surface area contributed by atoms with Gasteiger partial charge in [0.1, 0.15) is 24.9 Å². The molecule has 4 saturated heterocycles. The van der Waals surface area contributed by atoms with E-state index >= 15 is 0 Å². The number of amides is 2. The Morgan fingerprint density at radius 1 is 0.679 bits per heavy atom. The largest absolute Gasteiger partial charge is 0.465 e. The molecule has 0 radical (unpaired) electrons. The smallest absolute Gasteiger partial charge is 0.410 e. The number of benzene rings is 4. The molecule has 84 heavy (non-hydrogen) atoms. The molecule has 11 rings (SSSR count). The van der Waals surface area contributed by atoms with Crippen molar-refractivity contribution in [1.82, 2.24) is 39.5 Å². The van der Waals surface area contributed by atoms with Crippen molar-refractivity contribution in [1.29, 1.82) is 0 Å². The lowest BCUT2D eigenvalue weighted by Gasteiger charge is -2.32. The van der Waals surface area contributed by atoms with E-state index in [4.69, 9.17) is 52.7 Å². The first-order valence-corrected chi connectivity index (χ1v) is 30.1. The first-order chi connectivity index (χ1) is 40.9. The van der Waals surface area contributed by atoms with Crippen LogP contribution in [-0.4, -0.2) is 123 Å². The van der Waals surface area contributed by atoms with Gasteiger partial charge in [0.05, 0.1) is 28.7 Å². The van der Waals surface area contributed by atoms with Gasteiger partial charge in [-0.15, -0.1) is 0 Å². The molecule has 0 saturated carbocycles. The molecule has 4 aliphatic heterocycles. The first kappa shape index (κ1) is 61.3. The summed E-state index contributed by atoms with van der Waals surface area (Å²) in [6.07, 6.45) is 8.97. The van der Waals surface area contributed by atoms with Crippen molar-refractivity contribution in [3.8, 4) is 5.95 Å². The number of rotatable bonds is 17. The number of H-pyrrole nitrogens is 3. The number of aromatic amines is 3. The Morgan fingerprint density at radius 2 is 1.20 bits per heavy atom. The lowest BCUT2D eigenvalue weighted by atomic mass is 9.81. The molecule has 4 aliphatic rings. The van der Waals surface area contributed by atoms with Crippen molar-refractivity contribution < 1.29 is 42.9 Å². The standard InChI is InChI=1S/C30H34ClN5O4.C25H35NO6.C7H7ClN4/c31-23-7-9-25-26(18-23)33-29(32-25)36-28(37)24(8-6-20-12-16-39-17-13-20)27(34-36)22-10-14-35(15-11-22)30(38)40-19-21-4-2-1-3-5-21;1-2-31-24(28)22(9-8-19-12-16-30-17-13-19)23(27)21-10-14-26(15-11-21)25(29)32-18-20-6-4-3-5-7-20;8-4-1-2-5-6(3-4)11-7(10-5)12-9/h1-5,7,9,18,20,22,34H,6,8,10-17,19H2,(H,32,33);3-7,19,21-22H,2,8-18H2,1H3;1-3H,9H2,(H2,10,11,12). The summed E-state index contributed by atoms with van der Waals surface area (Å²) < 4.78 is 28.6. The number of hydrazine groups is 1. The molecule has 3 aromatic heterocycles. The van der Waals surface area contributed by atoms with E-state index < -0.39 is 11.9 Å². The number of fused-ring (bicyclic) bond motifs is 2. The van der Waals surface area contributed by atoms with Crippen molar-refractivity contribution in [3.63, 3.8) is 0 Å². The van der Waals surface area contributed by atoms with Crippen molar-refractivity contribution in [3.05, 3.63) is 140 Å². The van der Waals surface area contributed by atoms with Crippen LogP contribution in [0.15, 0.2) is 102 Å². The van der Waals surface area contributed by atoms with Gasteiger partial charge in [0, 0.05) is 85.7 Å². The van der Waals surface area contributed by atoms with Crippen LogP contribution in [-0.2, 0) is 52.9 Å². The zero-order chi connectivity index (χ0) is 58.8. The molecule has 7 heterocycles. The van der Waals surface area contributed by atoms with Crippen LogP contribution in [0.25, 0.3) is 28.0 Å². The highest BCUT2D eigenvalue weighted by Gasteiger charge is 2.37. The fourth-order valence-electron chi connectivity index (χ4n) is 11.4. The van der Waals surface area contributed by atoms with Crippen LogP contribution in [0.3, 0.4) is 0 Å². The summed E-state index contributed by atoms with van der Waals surface area (Å²) in [6.45, 7) is 7.67. The van der Waals surface area contributed by atoms with Crippen molar-refractivity contribution >= 4 is 75.2 Å². The highest BCUT2D eigenvalue weighted by Crippen LogP contribution is 2.32. The van der Waals surface area contributed by atoms with Gasteiger partial charge in [-0.25, -0.2) is 25.4 Å². The van der Waals surface area contributed by atoms with E-state index in [9.17, 15) is 24.0 Å². The van der Waals surface area contributed by atoms with Gasteiger partial charge in [-0.2, -0.15) is 4.68 Å². The highest BCUT2D eigenvalue weighted by atomic mass is 35.5. The second kappa shape index (κ2) is 30.5. The average Bonchev–Trinajstić information content (AvgIpc) is 3.92. The van der Waals surface area contributed by atoms with Gasteiger partial charge < -0.3 is 43.5 Å². The number of esters is 1. The Kier molecular flexibility index (Phi) is 22.3. The van der Waals surface area contributed by atoms with Crippen molar-refractivity contribution in [2.45, 2.75) is 103 Å². The number of aromatic nitrogens is 6. The molecule has 0 aliphatic carbocycles. The van der Waals surface area contributed by atoms with E-state index in [1.165, 1.54) is 4.68 Å². The fraction of sp³-hybridized carbons (Fsp3) is 0.468. The van der Waals surface area contributed by atoms with Gasteiger partial charge in [-0.3, -0.25) is 24.9 Å². The van der Waals surface area contributed by atoms with Crippen LogP contribution in [0.5, 0.6) is 0 Å². The Morgan fingerprint density at radius 3 is 1.75 bits per heavy atom. The molecule has 4 fully saturated rings. The molecule has 0 bridgehead atoms. The molecule has 20 nitrogen and oxygen atoms in total. The van der Waals surface area contributed by atoms with Gasteiger partial charge in [-0.1, -0.05) is 83.9 Å². The van der Waals surface area contributed by atoms with E-state index in [0.29, 0.717) is 85.6 Å². The molecular formula is C62H76Cl2N10O10. The van der Waals surface area contributed by atoms with E-state index in [0.717, 1.165) is 122 Å². The lowest BCUT2D eigenvalue weighted by Crippen LogP contribution is -2.42. The van der Waals surface area contributed by atoms with Crippen LogP contribution in [0.1, 0.15) is 106 Å². The minimum Gasteiger partial charge on any atom is -0.465 e. The maximum atomic E-state index is 13.8. The SMILES string of the molecule is CCOC(=O)C(CCC1CCOCC1)C(=O)C1CCN(C(=O)OCc2ccccc2)CC1.NNc1nc2ccc(Cl)cc2[nH]1.O=C(OCc1ccccc1)N1CCC(c2[nH]n(-c3nc4ccc(Cl)cc4[nH]3)c(=O)c2CCC2CCOCC2)CC1. The monoisotopic (exact) mass is 1190 g/mol. The maximum Gasteiger partial charge on any atom is 0.410 e. The number of Topliss-reactive ketones (excluding diaryl/α,β-unsaturated/α-hetero) is 1.